The summed E-state index contributed by atoms with van der Waals surface area (Å²) < 4.78 is 0. The predicted octanol–water partition coefficient (Wildman–Crippen LogP) is 3.14. The van der Waals surface area contributed by atoms with Crippen LogP contribution in [0.3, 0.4) is 0 Å². The van der Waals surface area contributed by atoms with Gasteiger partial charge >= 0.3 is 5.97 Å². The first-order valence-electron chi connectivity index (χ1n) is 7.16. The second-order valence-electron chi connectivity index (χ2n) is 5.28. The fraction of sp³-hybridized carbons (Fsp3) is 0.929. The molecule has 3 nitrogen and oxygen atoms in total. The van der Waals surface area contributed by atoms with Crippen molar-refractivity contribution in [2.45, 2.75) is 58.3 Å². The number of aliphatic carboxylic acids is 1. The van der Waals surface area contributed by atoms with Crippen molar-refractivity contribution in [1.29, 1.82) is 0 Å². The molecule has 1 N–H and O–H groups in total. The average molecular weight is 241 g/mol. The number of nitrogens with zero attached hydrogens (tertiary/aromatic N) is 1. The molecule has 0 aromatic heterocycles. The maximum absolute atomic E-state index is 10.4. The van der Waals surface area contributed by atoms with Gasteiger partial charge in [-0.25, -0.2) is 0 Å². The van der Waals surface area contributed by atoms with Gasteiger partial charge in [-0.05, 0) is 51.2 Å². The van der Waals surface area contributed by atoms with Crippen LogP contribution >= 0.6 is 0 Å². The van der Waals surface area contributed by atoms with Crippen LogP contribution in [0.1, 0.15) is 58.3 Å². The smallest absolute Gasteiger partial charge is 0.303 e. The summed E-state index contributed by atoms with van der Waals surface area (Å²) in [6.45, 7) is 5.94. The van der Waals surface area contributed by atoms with Crippen LogP contribution in [0.15, 0.2) is 0 Å². The molecule has 0 unspecified atom stereocenters. The normalized spacial score (nSPS) is 18.4. The second-order valence-corrected chi connectivity index (χ2v) is 5.28. The van der Waals surface area contributed by atoms with Crippen LogP contribution in [-0.4, -0.2) is 35.6 Å². The van der Waals surface area contributed by atoms with Crippen LogP contribution in [0.25, 0.3) is 0 Å². The molecule has 100 valence electrons. The third-order valence-corrected chi connectivity index (χ3v) is 3.77. The number of likely N-dealkylation sites (tertiary alicyclic amines) is 1. The van der Waals surface area contributed by atoms with E-state index in [0.717, 1.165) is 25.2 Å². The van der Waals surface area contributed by atoms with Crippen LogP contribution in [0.5, 0.6) is 0 Å². The monoisotopic (exact) mass is 241 g/mol. The first kappa shape index (κ1) is 14.5. The zero-order chi connectivity index (χ0) is 12.5. The van der Waals surface area contributed by atoms with Crippen LogP contribution < -0.4 is 0 Å². The molecule has 1 rings (SSSR count). The molecule has 1 aliphatic heterocycles. The fourth-order valence-electron chi connectivity index (χ4n) is 2.70. The van der Waals surface area contributed by atoms with Crippen molar-refractivity contribution in [2.24, 2.45) is 5.92 Å². The molecule has 0 aromatic rings. The molecular formula is C14H27NO2. The highest BCUT2D eigenvalue weighted by Crippen LogP contribution is 2.21. The summed E-state index contributed by atoms with van der Waals surface area (Å²) in [6.07, 6.45) is 8.82. The third-order valence-electron chi connectivity index (χ3n) is 3.77. The standard InChI is InChI=1S/C14H27NO2/c1-2-6-13-8-11-15(12-9-13)10-5-3-4-7-14(16)17/h13H,2-12H2,1H3,(H,16,17). The van der Waals surface area contributed by atoms with Crippen molar-refractivity contribution in [3.05, 3.63) is 0 Å². The van der Waals surface area contributed by atoms with Gasteiger partial charge in [-0.1, -0.05) is 26.2 Å². The Morgan fingerprint density at radius 1 is 1.24 bits per heavy atom. The number of hydrogen-bond donors (Lipinski definition) is 1. The average Bonchev–Trinajstić information content (AvgIpc) is 2.31. The lowest BCUT2D eigenvalue weighted by Gasteiger charge is -2.31. The fourth-order valence-corrected chi connectivity index (χ4v) is 2.70. The van der Waals surface area contributed by atoms with Gasteiger partial charge in [0.05, 0.1) is 0 Å². The Bertz CT molecular complexity index is 210. The highest BCUT2D eigenvalue weighted by molar-refractivity contribution is 5.66. The van der Waals surface area contributed by atoms with Gasteiger partial charge in [-0.2, -0.15) is 0 Å². The molecule has 0 bridgehead atoms. The van der Waals surface area contributed by atoms with Gasteiger partial charge in [0.2, 0.25) is 0 Å². The van der Waals surface area contributed by atoms with Gasteiger partial charge in [0.15, 0.2) is 0 Å². The number of carboxylic acid groups (broad SMARTS) is 1. The minimum atomic E-state index is -0.662. The Hall–Kier alpha value is -0.570. The molecule has 1 fully saturated rings. The van der Waals surface area contributed by atoms with E-state index in [1.165, 1.54) is 45.3 Å². The van der Waals surface area contributed by atoms with Gasteiger partial charge in [0.1, 0.15) is 0 Å². The van der Waals surface area contributed by atoms with E-state index in [0.29, 0.717) is 6.42 Å². The van der Waals surface area contributed by atoms with Gasteiger partial charge in [-0.3, -0.25) is 4.79 Å². The lowest BCUT2D eigenvalue weighted by molar-refractivity contribution is -0.137. The molecule has 0 aromatic carbocycles. The minimum absolute atomic E-state index is 0.332. The number of carbonyl (C=O) groups is 1. The topological polar surface area (TPSA) is 40.5 Å². The van der Waals surface area contributed by atoms with E-state index in [-0.39, 0.29) is 0 Å². The van der Waals surface area contributed by atoms with E-state index in [2.05, 4.69) is 11.8 Å². The zero-order valence-electron chi connectivity index (χ0n) is 11.2. The van der Waals surface area contributed by atoms with Crippen molar-refractivity contribution in [3.63, 3.8) is 0 Å². The molecule has 3 heteroatoms. The molecule has 17 heavy (non-hydrogen) atoms. The van der Waals surface area contributed by atoms with E-state index < -0.39 is 5.97 Å². The first-order valence-corrected chi connectivity index (χ1v) is 7.16. The lowest BCUT2D eigenvalue weighted by Crippen LogP contribution is -2.34. The number of rotatable bonds is 8. The van der Waals surface area contributed by atoms with Crippen molar-refractivity contribution in [1.82, 2.24) is 4.90 Å². The van der Waals surface area contributed by atoms with E-state index in [9.17, 15) is 4.79 Å². The van der Waals surface area contributed by atoms with Crippen LogP contribution in [0.4, 0.5) is 0 Å². The Kier molecular flexibility index (Phi) is 7.25. The van der Waals surface area contributed by atoms with Crippen molar-refractivity contribution in [2.75, 3.05) is 19.6 Å². The molecule has 0 atom stereocenters. The lowest BCUT2D eigenvalue weighted by atomic mass is 9.92. The van der Waals surface area contributed by atoms with Crippen LogP contribution in [0, 0.1) is 5.92 Å². The maximum atomic E-state index is 10.4. The van der Waals surface area contributed by atoms with Crippen molar-refractivity contribution < 1.29 is 9.90 Å². The van der Waals surface area contributed by atoms with E-state index in [1.54, 1.807) is 0 Å². The predicted molar refractivity (Wildman–Crippen MR) is 70.2 cm³/mol. The summed E-state index contributed by atoms with van der Waals surface area (Å²) in [7, 11) is 0. The number of hydrogen-bond acceptors (Lipinski definition) is 2. The van der Waals surface area contributed by atoms with E-state index >= 15 is 0 Å². The SMILES string of the molecule is CCCC1CCN(CCCCCC(=O)O)CC1. The molecule has 0 saturated carbocycles. The van der Waals surface area contributed by atoms with Gasteiger partial charge < -0.3 is 10.0 Å². The van der Waals surface area contributed by atoms with Crippen LogP contribution in [0.2, 0.25) is 0 Å². The van der Waals surface area contributed by atoms with Crippen molar-refractivity contribution >= 4 is 5.97 Å². The molecular weight excluding hydrogens is 214 g/mol. The third kappa shape index (κ3) is 6.67. The van der Waals surface area contributed by atoms with Gasteiger partial charge in [0.25, 0.3) is 0 Å². The summed E-state index contributed by atoms with van der Waals surface area (Å²) >= 11 is 0. The number of piperidine rings is 1. The number of unbranched alkanes of at least 4 members (excludes halogenated alkanes) is 2. The van der Waals surface area contributed by atoms with Gasteiger partial charge in [-0.15, -0.1) is 0 Å². The summed E-state index contributed by atoms with van der Waals surface area (Å²) in [5, 5.41) is 8.53. The highest BCUT2D eigenvalue weighted by Gasteiger charge is 2.17. The Morgan fingerprint density at radius 3 is 2.53 bits per heavy atom. The second kappa shape index (κ2) is 8.51. The molecule has 0 radical (unpaired) electrons. The molecule has 0 amide bonds. The molecule has 1 aliphatic rings. The number of carboxylic acids is 1. The molecule has 0 spiro atoms. The summed E-state index contributed by atoms with van der Waals surface area (Å²) in [5.74, 6) is 0.300. The summed E-state index contributed by atoms with van der Waals surface area (Å²) in [4.78, 5) is 12.9. The van der Waals surface area contributed by atoms with Gasteiger partial charge in [0, 0.05) is 6.42 Å². The first-order chi connectivity index (χ1) is 8.22. The maximum Gasteiger partial charge on any atom is 0.303 e. The van der Waals surface area contributed by atoms with E-state index in [4.69, 9.17) is 5.11 Å². The van der Waals surface area contributed by atoms with E-state index in [1.807, 2.05) is 0 Å². The summed E-state index contributed by atoms with van der Waals surface area (Å²) in [5.41, 5.74) is 0. The summed E-state index contributed by atoms with van der Waals surface area (Å²) in [6, 6.07) is 0. The Labute approximate surface area is 105 Å². The largest absolute Gasteiger partial charge is 0.481 e. The highest BCUT2D eigenvalue weighted by atomic mass is 16.4. The Balaban J connectivity index is 1.97. The molecule has 1 saturated heterocycles. The minimum Gasteiger partial charge on any atom is -0.481 e. The van der Waals surface area contributed by atoms with Crippen molar-refractivity contribution in [3.8, 4) is 0 Å². The van der Waals surface area contributed by atoms with Crippen LogP contribution in [-0.2, 0) is 4.79 Å². The quantitative estimate of drug-likeness (QED) is 0.664. The molecule has 1 heterocycles. The zero-order valence-corrected chi connectivity index (χ0v) is 11.2. The Morgan fingerprint density at radius 2 is 1.94 bits per heavy atom. The molecule has 0 aliphatic carbocycles.